The number of hydrogen-bond donors (Lipinski definition) is 1. The lowest BCUT2D eigenvalue weighted by Crippen LogP contribution is -2.32. The van der Waals surface area contributed by atoms with Gasteiger partial charge in [0.05, 0.1) is 0 Å². The smallest absolute Gasteiger partial charge is 0.0107 e. The summed E-state index contributed by atoms with van der Waals surface area (Å²) in [6.07, 6.45) is 1.13. The number of nitrogens with one attached hydrogen (secondary N) is 1. The van der Waals surface area contributed by atoms with Crippen molar-refractivity contribution >= 4 is 0 Å². The normalized spacial score (nSPS) is 11.2. The molecule has 1 aromatic rings. The third kappa shape index (κ3) is 5.19. The van der Waals surface area contributed by atoms with Crippen LogP contribution in [0.3, 0.4) is 0 Å². The van der Waals surface area contributed by atoms with Crippen LogP contribution in [0.1, 0.15) is 30.5 Å². The Balaban J connectivity index is 2.23. The summed E-state index contributed by atoms with van der Waals surface area (Å²) >= 11 is 0. The van der Waals surface area contributed by atoms with Gasteiger partial charge in [-0.05, 0) is 51.0 Å². The number of aryl methyl sites for hydroxylation is 2. The van der Waals surface area contributed by atoms with Crippen LogP contribution in [0, 0.1) is 13.8 Å². The fourth-order valence-corrected chi connectivity index (χ4v) is 2.19. The van der Waals surface area contributed by atoms with Gasteiger partial charge in [0.2, 0.25) is 0 Å². The zero-order chi connectivity index (χ0) is 13.4. The van der Waals surface area contributed by atoms with Crippen LogP contribution in [0.4, 0.5) is 0 Å². The molecule has 0 bridgehead atoms. The molecule has 0 aliphatic carbocycles. The minimum Gasteiger partial charge on any atom is -0.315 e. The molecule has 0 saturated carbocycles. The van der Waals surface area contributed by atoms with E-state index in [-0.39, 0.29) is 0 Å². The number of hydrogen-bond acceptors (Lipinski definition) is 2. The van der Waals surface area contributed by atoms with Crippen LogP contribution in [0.15, 0.2) is 18.2 Å². The van der Waals surface area contributed by atoms with Gasteiger partial charge in [0.1, 0.15) is 0 Å². The zero-order valence-corrected chi connectivity index (χ0v) is 12.4. The fraction of sp³-hybridized carbons (Fsp3) is 0.625. The van der Waals surface area contributed by atoms with Crippen LogP contribution in [0.5, 0.6) is 0 Å². The minimum absolute atomic E-state index is 1.07. The van der Waals surface area contributed by atoms with Crippen molar-refractivity contribution in [3.8, 4) is 0 Å². The van der Waals surface area contributed by atoms with Crippen molar-refractivity contribution in [3.05, 3.63) is 34.9 Å². The van der Waals surface area contributed by atoms with Crippen LogP contribution in [0.2, 0.25) is 0 Å². The van der Waals surface area contributed by atoms with Crippen LogP contribution < -0.4 is 5.32 Å². The van der Waals surface area contributed by atoms with Crippen molar-refractivity contribution in [3.63, 3.8) is 0 Å². The van der Waals surface area contributed by atoms with E-state index in [1.165, 1.54) is 16.7 Å². The number of nitrogens with zero attached hydrogens (tertiary/aromatic N) is 1. The molecule has 0 amide bonds. The Morgan fingerprint density at radius 2 is 1.78 bits per heavy atom. The van der Waals surface area contributed by atoms with E-state index in [1.54, 1.807) is 0 Å². The molecule has 1 rings (SSSR count). The Morgan fingerprint density at radius 3 is 2.44 bits per heavy atom. The highest BCUT2D eigenvalue weighted by Crippen LogP contribution is 2.10. The van der Waals surface area contributed by atoms with Crippen LogP contribution in [-0.2, 0) is 6.42 Å². The van der Waals surface area contributed by atoms with Gasteiger partial charge in [0.25, 0.3) is 0 Å². The maximum Gasteiger partial charge on any atom is 0.0107 e. The molecule has 102 valence electrons. The highest BCUT2D eigenvalue weighted by atomic mass is 15.1. The highest BCUT2D eigenvalue weighted by molar-refractivity contribution is 5.30. The highest BCUT2D eigenvalue weighted by Gasteiger charge is 2.00. The van der Waals surface area contributed by atoms with E-state index in [0.29, 0.717) is 0 Å². The second kappa shape index (κ2) is 8.28. The summed E-state index contributed by atoms with van der Waals surface area (Å²) in [5, 5.41) is 3.54. The Kier molecular flexibility index (Phi) is 6.99. The average molecular weight is 248 g/mol. The van der Waals surface area contributed by atoms with E-state index in [1.807, 2.05) is 0 Å². The fourth-order valence-electron chi connectivity index (χ4n) is 2.19. The summed E-state index contributed by atoms with van der Waals surface area (Å²) in [4.78, 5) is 2.45. The maximum atomic E-state index is 3.54. The van der Waals surface area contributed by atoms with E-state index in [4.69, 9.17) is 0 Å². The first-order valence-corrected chi connectivity index (χ1v) is 7.16. The molecule has 0 aliphatic rings. The largest absolute Gasteiger partial charge is 0.315 e. The lowest BCUT2D eigenvalue weighted by atomic mass is 10.0. The monoisotopic (exact) mass is 248 g/mol. The minimum atomic E-state index is 1.07. The standard InChI is InChI=1S/C16H28N2/c1-5-18(6-2)12-11-17-10-9-16-13-14(3)7-8-15(16)4/h7-8,13,17H,5-6,9-12H2,1-4H3. The van der Waals surface area contributed by atoms with Crippen molar-refractivity contribution in [2.45, 2.75) is 34.1 Å². The maximum absolute atomic E-state index is 3.54. The lowest BCUT2D eigenvalue weighted by molar-refractivity contribution is 0.303. The topological polar surface area (TPSA) is 15.3 Å². The average Bonchev–Trinajstić information content (AvgIpc) is 2.38. The third-order valence-corrected chi connectivity index (χ3v) is 3.57. The van der Waals surface area contributed by atoms with Gasteiger partial charge in [-0.15, -0.1) is 0 Å². The summed E-state index contributed by atoms with van der Waals surface area (Å²) < 4.78 is 0. The van der Waals surface area contributed by atoms with Crippen LogP contribution in [-0.4, -0.2) is 37.6 Å². The molecule has 0 saturated heterocycles. The summed E-state index contributed by atoms with van der Waals surface area (Å²) in [5.41, 5.74) is 4.25. The molecule has 0 radical (unpaired) electrons. The predicted molar refractivity (Wildman–Crippen MR) is 80.3 cm³/mol. The summed E-state index contributed by atoms with van der Waals surface area (Å²) in [7, 11) is 0. The van der Waals surface area contributed by atoms with Crippen molar-refractivity contribution in [2.24, 2.45) is 0 Å². The molecule has 0 spiro atoms. The SMILES string of the molecule is CCN(CC)CCNCCc1cc(C)ccc1C. The van der Waals surface area contributed by atoms with E-state index >= 15 is 0 Å². The van der Waals surface area contributed by atoms with Gasteiger partial charge in [-0.3, -0.25) is 0 Å². The summed E-state index contributed by atoms with van der Waals surface area (Å²) in [6, 6.07) is 6.72. The number of benzene rings is 1. The third-order valence-electron chi connectivity index (χ3n) is 3.57. The first-order valence-electron chi connectivity index (χ1n) is 7.16. The summed E-state index contributed by atoms with van der Waals surface area (Å²) in [5.74, 6) is 0. The van der Waals surface area contributed by atoms with Gasteiger partial charge in [0.15, 0.2) is 0 Å². The van der Waals surface area contributed by atoms with Gasteiger partial charge in [-0.1, -0.05) is 37.6 Å². The Morgan fingerprint density at radius 1 is 1.06 bits per heavy atom. The molecule has 18 heavy (non-hydrogen) atoms. The number of likely N-dealkylation sites (N-methyl/N-ethyl adjacent to an activating group) is 1. The first kappa shape index (κ1) is 15.2. The van der Waals surface area contributed by atoms with Gasteiger partial charge in [-0.2, -0.15) is 0 Å². The molecule has 0 atom stereocenters. The van der Waals surface area contributed by atoms with Crippen LogP contribution in [0.25, 0.3) is 0 Å². The Labute approximate surface area is 112 Å². The second-order valence-corrected chi connectivity index (χ2v) is 4.96. The predicted octanol–water partition coefficient (Wildman–Crippen LogP) is 2.78. The molecule has 1 N–H and O–H groups in total. The van der Waals surface area contributed by atoms with Crippen molar-refractivity contribution < 1.29 is 0 Å². The number of rotatable bonds is 8. The van der Waals surface area contributed by atoms with Crippen molar-refractivity contribution in [2.75, 3.05) is 32.7 Å². The van der Waals surface area contributed by atoms with E-state index in [0.717, 1.165) is 39.1 Å². The molecular formula is C16H28N2. The van der Waals surface area contributed by atoms with Crippen molar-refractivity contribution in [1.82, 2.24) is 10.2 Å². The van der Waals surface area contributed by atoms with E-state index in [2.05, 4.69) is 56.1 Å². The molecule has 0 aliphatic heterocycles. The second-order valence-electron chi connectivity index (χ2n) is 4.96. The molecule has 0 heterocycles. The Bertz CT molecular complexity index is 343. The molecule has 2 heteroatoms. The van der Waals surface area contributed by atoms with E-state index in [9.17, 15) is 0 Å². The quantitative estimate of drug-likeness (QED) is 0.712. The Hall–Kier alpha value is -0.860. The molecule has 0 unspecified atom stereocenters. The van der Waals surface area contributed by atoms with E-state index < -0.39 is 0 Å². The van der Waals surface area contributed by atoms with Gasteiger partial charge < -0.3 is 10.2 Å². The zero-order valence-electron chi connectivity index (χ0n) is 12.4. The van der Waals surface area contributed by atoms with Crippen molar-refractivity contribution in [1.29, 1.82) is 0 Å². The van der Waals surface area contributed by atoms with Gasteiger partial charge >= 0.3 is 0 Å². The molecule has 0 aromatic heterocycles. The van der Waals surface area contributed by atoms with Crippen LogP contribution >= 0.6 is 0 Å². The first-order chi connectivity index (χ1) is 8.67. The molecule has 2 nitrogen and oxygen atoms in total. The molecule has 1 aromatic carbocycles. The molecular weight excluding hydrogens is 220 g/mol. The van der Waals surface area contributed by atoms with Gasteiger partial charge in [-0.25, -0.2) is 0 Å². The molecule has 0 fully saturated rings. The lowest BCUT2D eigenvalue weighted by Gasteiger charge is -2.18. The van der Waals surface area contributed by atoms with Gasteiger partial charge in [0, 0.05) is 13.1 Å². The summed E-state index contributed by atoms with van der Waals surface area (Å²) in [6.45, 7) is 14.4.